The smallest absolute Gasteiger partial charge is 0.272 e. The second kappa shape index (κ2) is 21.9. The van der Waals surface area contributed by atoms with Crippen molar-refractivity contribution < 1.29 is 37.5 Å². The average Bonchev–Trinajstić information content (AvgIpc) is 3.43. The molecule has 2 N–H and O–H groups in total. The fraction of sp³-hybridized carbons (Fsp3) is 0.569. The Hall–Kier alpha value is -6.07. The standard InChI is InChI=1S/C58H70F2N8O7/c59-48-16-15-37(31-49-44-11-4-5-12-45(44)54(71)63-62-49)30-47(48)55(72)67-28-26-65(27-29-67)50(69)36-64-22-17-41(18-23-64)75-42-19-24-66(25-20-42)56(73)52(39-8-2-1-3-9-39)61-53(70)46-14-6-13-43(51(46)60)40-10-7-21-68(35-40)57(74)58-32-38(33-58)34-58/h4-6,11-16,30,38-42,52H,1-3,7-10,17-29,31-36H2,(H,61,70)(H,63,71)/t38?,40?,52-,58?/m1/s1. The van der Waals surface area contributed by atoms with E-state index < -0.39 is 29.5 Å². The zero-order valence-electron chi connectivity index (χ0n) is 42.9. The van der Waals surface area contributed by atoms with E-state index in [-0.39, 0.29) is 83.5 Å². The summed E-state index contributed by atoms with van der Waals surface area (Å²) in [4.78, 5) is 90.5. The summed E-state index contributed by atoms with van der Waals surface area (Å²) in [5.41, 5.74) is 1.21. The number of H-pyrrole nitrogens is 1. The van der Waals surface area contributed by atoms with E-state index in [1.807, 2.05) is 21.9 Å². The first-order valence-corrected chi connectivity index (χ1v) is 27.8. The summed E-state index contributed by atoms with van der Waals surface area (Å²) in [6.07, 6.45) is 12.4. The summed E-state index contributed by atoms with van der Waals surface area (Å²) < 4.78 is 38.2. The summed E-state index contributed by atoms with van der Waals surface area (Å²) in [6.45, 7) is 5.14. The van der Waals surface area contributed by atoms with E-state index in [2.05, 4.69) is 20.4 Å². The van der Waals surface area contributed by atoms with Crippen molar-refractivity contribution in [2.24, 2.45) is 17.3 Å². The Bertz CT molecular complexity index is 2850. The fourth-order valence-electron chi connectivity index (χ4n) is 13.5. The number of likely N-dealkylation sites (tertiary alicyclic amines) is 3. The van der Waals surface area contributed by atoms with Crippen molar-refractivity contribution in [2.75, 3.05) is 72.0 Å². The number of piperazine rings is 1. The average molecular weight is 1030 g/mol. The highest BCUT2D eigenvalue weighted by Crippen LogP contribution is 2.65. The molecule has 4 saturated carbocycles. The van der Waals surface area contributed by atoms with Crippen molar-refractivity contribution >= 4 is 40.3 Å². The number of amides is 5. The van der Waals surface area contributed by atoms with Crippen molar-refractivity contribution in [1.29, 1.82) is 0 Å². The third-order valence-corrected chi connectivity index (χ3v) is 17.9. The topological polar surface area (TPSA) is 169 Å². The lowest BCUT2D eigenvalue weighted by atomic mass is 9.44. The van der Waals surface area contributed by atoms with Crippen molar-refractivity contribution in [3.63, 3.8) is 0 Å². The van der Waals surface area contributed by atoms with Gasteiger partial charge in [-0.2, -0.15) is 5.10 Å². The lowest BCUT2D eigenvalue weighted by Gasteiger charge is -2.61. The molecule has 3 aromatic carbocycles. The zero-order valence-corrected chi connectivity index (χ0v) is 42.9. The largest absolute Gasteiger partial charge is 0.375 e. The summed E-state index contributed by atoms with van der Waals surface area (Å²) in [5.74, 6) is -1.59. The van der Waals surface area contributed by atoms with E-state index in [0.717, 1.165) is 77.0 Å². The van der Waals surface area contributed by atoms with Gasteiger partial charge in [-0.05, 0) is 118 Å². The van der Waals surface area contributed by atoms with Crippen molar-refractivity contribution in [3.8, 4) is 0 Å². The number of hydrogen-bond acceptors (Lipinski definition) is 9. The van der Waals surface area contributed by atoms with Crippen LogP contribution in [0.5, 0.6) is 0 Å². The second-order valence-corrected chi connectivity index (χ2v) is 22.8. The molecule has 4 aromatic rings. The summed E-state index contributed by atoms with van der Waals surface area (Å²) in [7, 11) is 0. The summed E-state index contributed by atoms with van der Waals surface area (Å²) in [5, 5.41) is 11.0. The number of nitrogens with one attached hydrogen (secondary N) is 2. The van der Waals surface area contributed by atoms with Gasteiger partial charge in [-0.15, -0.1) is 0 Å². The summed E-state index contributed by atoms with van der Waals surface area (Å²) in [6, 6.07) is 15.8. The SMILES string of the molecule is O=C(N[C@@H](C(=O)N1CCC(OC2CCN(CC(=O)N3CCN(C(=O)c4cc(Cc5n[nH]c(=O)c6ccccc56)ccc4F)CC3)CC2)CC1)C1CCCCC1)c1cccc(C2CCCN(C(=O)C34CC(C3)C4)C2)c1F. The quantitative estimate of drug-likeness (QED) is 0.153. The lowest BCUT2D eigenvalue weighted by molar-refractivity contribution is -0.178. The van der Waals surface area contributed by atoms with Gasteiger partial charge in [-0.25, -0.2) is 13.9 Å². The molecule has 0 spiro atoms. The predicted molar refractivity (Wildman–Crippen MR) is 277 cm³/mol. The van der Waals surface area contributed by atoms with Gasteiger partial charge in [0, 0.05) is 83.2 Å². The molecular weight excluding hydrogens is 959 g/mol. The molecule has 15 nitrogen and oxygen atoms in total. The molecule has 75 heavy (non-hydrogen) atoms. The van der Waals surface area contributed by atoms with Crippen LogP contribution >= 0.6 is 0 Å². The number of hydrogen-bond donors (Lipinski definition) is 2. The Morgan fingerprint density at radius 3 is 2.11 bits per heavy atom. The molecule has 2 atom stereocenters. The van der Waals surface area contributed by atoms with Crippen LogP contribution < -0.4 is 10.9 Å². The Labute approximate surface area is 436 Å². The molecule has 5 amide bonds. The minimum absolute atomic E-state index is 0.00613. The minimum atomic E-state index is -0.748. The van der Waals surface area contributed by atoms with Crippen molar-refractivity contribution in [3.05, 3.63) is 111 Å². The van der Waals surface area contributed by atoms with E-state index >= 15 is 8.78 Å². The molecule has 8 aliphatic rings. The van der Waals surface area contributed by atoms with Crippen LogP contribution in [0.15, 0.2) is 65.5 Å². The van der Waals surface area contributed by atoms with Crippen LogP contribution in [0.3, 0.4) is 0 Å². The van der Waals surface area contributed by atoms with Crippen LogP contribution in [-0.4, -0.2) is 154 Å². The summed E-state index contributed by atoms with van der Waals surface area (Å²) >= 11 is 0. The molecule has 17 heteroatoms. The van der Waals surface area contributed by atoms with Gasteiger partial charge in [0.25, 0.3) is 17.4 Å². The van der Waals surface area contributed by atoms with E-state index in [1.54, 1.807) is 46.2 Å². The van der Waals surface area contributed by atoms with Gasteiger partial charge in [0.2, 0.25) is 17.7 Å². The third kappa shape index (κ3) is 10.7. The molecule has 4 aliphatic carbocycles. The Kier molecular flexibility index (Phi) is 14.9. The number of benzene rings is 3. The highest BCUT2D eigenvalue weighted by Gasteiger charge is 2.62. The first-order valence-electron chi connectivity index (χ1n) is 27.8. The van der Waals surface area contributed by atoms with Crippen LogP contribution in [-0.2, 0) is 25.5 Å². The maximum atomic E-state index is 16.4. The fourth-order valence-corrected chi connectivity index (χ4v) is 13.5. The van der Waals surface area contributed by atoms with Gasteiger partial charge >= 0.3 is 0 Å². The number of rotatable bonds is 13. The van der Waals surface area contributed by atoms with Gasteiger partial charge in [0.15, 0.2) is 0 Å². The van der Waals surface area contributed by atoms with Crippen molar-refractivity contribution in [2.45, 2.75) is 120 Å². The number of piperidine rings is 3. The number of halogens is 2. The molecule has 5 heterocycles. The molecular formula is C58H70F2N8O7. The van der Waals surface area contributed by atoms with E-state index in [9.17, 15) is 28.8 Å². The van der Waals surface area contributed by atoms with Crippen LogP contribution in [0.1, 0.15) is 133 Å². The highest BCUT2D eigenvalue weighted by atomic mass is 19.1. The molecule has 398 valence electrons. The monoisotopic (exact) mass is 1030 g/mol. The van der Waals surface area contributed by atoms with Gasteiger partial charge in [0.1, 0.15) is 17.7 Å². The Balaban J connectivity index is 0.623. The highest BCUT2D eigenvalue weighted by molar-refractivity contribution is 5.98. The number of ether oxygens (including phenoxy) is 1. The van der Waals surface area contributed by atoms with Crippen LogP contribution in [0.4, 0.5) is 8.78 Å². The number of carbonyl (C=O) groups is 5. The number of aromatic amines is 1. The normalized spacial score (nSPS) is 24.3. The van der Waals surface area contributed by atoms with Crippen LogP contribution in [0.2, 0.25) is 0 Å². The first kappa shape index (κ1) is 51.1. The minimum Gasteiger partial charge on any atom is -0.375 e. The number of carbonyl (C=O) groups excluding carboxylic acids is 5. The van der Waals surface area contributed by atoms with Crippen molar-refractivity contribution in [1.82, 2.24) is 40.0 Å². The molecule has 0 radical (unpaired) electrons. The molecule has 1 unspecified atom stereocenters. The van der Waals surface area contributed by atoms with Gasteiger partial charge in [0.05, 0.1) is 46.4 Å². The van der Waals surface area contributed by atoms with Gasteiger partial charge in [-0.1, -0.05) is 55.7 Å². The lowest BCUT2D eigenvalue weighted by Crippen LogP contribution is -2.62. The zero-order chi connectivity index (χ0) is 51.8. The predicted octanol–water partition coefficient (Wildman–Crippen LogP) is 6.43. The number of nitrogens with zero attached hydrogens (tertiary/aromatic N) is 6. The van der Waals surface area contributed by atoms with Crippen LogP contribution in [0.25, 0.3) is 10.8 Å². The number of aromatic nitrogens is 2. The van der Waals surface area contributed by atoms with E-state index in [1.165, 1.54) is 12.1 Å². The molecule has 2 bridgehead atoms. The first-order chi connectivity index (χ1) is 36.4. The molecule has 12 rings (SSSR count). The molecule has 4 saturated heterocycles. The maximum absolute atomic E-state index is 16.4. The molecule has 4 aliphatic heterocycles. The Morgan fingerprint density at radius 2 is 1.40 bits per heavy atom. The van der Waals surface area contributed by atoms with E-state index in [0.29, 0.717) is 105 Å². The van der Waals surface area contributed by atoms with Gasteiger partial charge in [-0.3, -0.25) is 33.7 Å². The number of fused-ring (bicyclic) bond motifs is 1. The van der Waals surface area contributed by atoms with Gasteiger partial charge < -0.3 is 29.7 Å². The second-order valence-electron chi connectivity index (χ2n) is 22.8. The van der Waals surface area contributed by atoms with E-state index in [4.69, 9.17) is 4.74 Å². The maximum Gasteiger partial charge on any atom is 0.272 e. The molecule has 1 aromatic heterocycles. The van der Waals surface area contributed by atoms with Crippen LogP contribution in [0, 0.1) is 28.9 Å². The molecule has 8 fully saturated rings. The third-order valence-electron chi connectivity index (χ3n) is 17.9. The Morgan fingerprint density at radius 1 is 0.707 bits per heavy atom.